The summed E-state index contributed by atoms with van der Waals surface area (Å²) in [6.45, 7) is 0.187. The van der Waals surface area contributed by atoms with E-state index in [1.54, 1.807) is 17.0 Å². The van der Waals surface area contributed by atoms with Crippen LogP contribution in [-0.4, -0.2) is 35.3 Å². The monoisotopic (exact) mass is 316 g/mol. The fourth-order valence-corrected chi connectivity index (χ4v) is 3.19. The lowest BCUT2D eigenvalue weighted by Crippen LogP contribution is -2.43. The Labute approximate surface area is 135 Å². The minimum absolute atomic E-state index is 0.0354. The summed E-state index contributed by atoms with van der Waals surface area (Å²) in [6, 6.07) is 6.96. The fourth-order valence-electron chi connectivity index (χ4n) is 3.19. The lowest BCUT2D eigenvalue weighted by Gasteiger charge is -2.22. The second kappa shape index (κ2) is 5.62. The van der Waals surface area contributed by atoms with Crippen LogP contribution in [0.4, 0.5) is 4.39 Å². The van der Waals surface area contributed by atoms with E-state index in [9.17, 15) is 14.0 Å². The molecule has 3 saturated carbocycles. The van der Waals surface area contributed by atoms with Gasteiger partial charge < -0.3 is 10.2 Å². The Morgan fingerprint density at radius 1 is 1.13 bits per heavy atom. The number of nitrogens with one attached hydrogen (secondary N) is 1. The summed E-state index contributed by atoms with van der Waals surface area (Å²) in [6.07, 6.45) is 4.90. The van der Waals surface area contributed by atoms with E-state index in [0.717, 1.165) is 37.7 Å². The highest BCUT2D eigenvalue weighted by Crippen LogP contribution is 2.49. The number of hydrogen-bond acceptors (Lipinski definition) is 2. The van der Waals surface area contributed by atoms with Crippen LogP contribution in [0.3, 0.4) is 0 Å². The maximum atomic E-state index is 13.0. The molecule has 1 aromatic rings. The van der Waals surface area contributed by atoms with Crippen LogP contribution in [0.2, 0.25) is 0 Å². The van der Waals surface area contributed by atoms with Crippen molar-refractivity contribution in [3.63, 3.8) is 0 Å². The van der Waals surface area contributed by atoms with Crippen molar-refractivity contribution in [2.75, 3.05) is 6.54 Å². The van der Waals surface area contributed by atoms with Gasteiger partial charge in [0.25, 0.3) is 0 Å². The molecule has 0 unspecified atom stereocenters. The predicted molar refractivity (Wildman–Crippen MR) is 83.1 cm³/mol. The molecule has 1 aromatic carbocycles. The highest BCUT2D eigenvalue weighted by molar-refractivity contribution is 5.88. The Hall–Kier alpha value is -1.91. The van der Waals surface area contributed by atoms with E-state index in [1.165, 1.54) is 12.1 Å². The van der Waals surface area contributed by atoms with Gasteiger partial charge in [0, 0.05) is 18.0 Å². The Kier molecular flexibility index (Phi) is 3.58. The molecule has 0 aliphatic heterocycles. The highest BCUT2D eigenvalue weighted by atomic mass is 19.1. The molecule has 23 heavy (non-hydrogen) atoms. The number of nitrogens with zero attached hydrogens (tertiary/aromatic N) is 1. The van der Waals surface area contributed by atoms with E-state index in [1.807, 2.05) is 0 Å². The Morgan fingerprint density at radius 3 is 2.43 bits per heavy atom. The van der Waals surface area contributed by atoms with Crippen LogP contribution in [0.1, 0.15) is 43.6 Å². The lowest BCUT2D eigenvalue weighted by molar-refractivity contribution is -0.137. The molecule has 0 radical (unpaired) electrons. The van der Waals surface area contributed by atoms with Gasteiger partial charge in [-0.3, -0.25) is 9.59 Å². The molecule has 1 N–H and O–H groups in total. The Morgan fingerprint density at radius 2 is 1.83 bits per heavy atom. The summed E-state index contributed by atoms with van der Waals surface area (Å²) in [4.78, 5) is 26.5. The standard InChI is InChI=1S/C18H21FN2O2/c19-12-3-1-11(2-4-12)15-9-16(15)18(23)21(14-7-8-14)10-17(22)20-13-5-6-13/h1-4,13-16H,5-10H2,(H,20,22)/t15-,16-/m1/s1. The fraction of sp³-hybridized carbons (Fsp3) is 0.556. The molecule has 0 heterocycles. The van der Waals surface area contributed by atoms with Crippen LogP contribution in [0.5, 0.6) is 0 Å². The number of carbonyl (C=O) groups excluding carboxylic acids is 2. The average molecular weight is 316 g/mol. The van der Waals surface area contributed by atoms with Crippen molar-refractivity contribution in [2.45, 2.75) is 50.1 Å². The summed E-state index contributed by atoms with van der Waals surface area (Å²) < 4.78 is 13.0. The molecule has 0 bridgehead atoms. The van der Waals surface area contributed by atoms with Gasteiger partial charge in [0.05, 0.1) is 6.54 Å². The predicted octanol–water partition coefficient (Wildman–Crippen LogP) is 2.20. The van der Waals surface area contributed by atoms with Gasteiger partial charge in [0.1, 0.15) is 5.82 Å². The van der Waals surface area contributed by atoms with Gasteiger partial charge in [0.15, 0.2) is 0 Å². The van der Waals surface area contributed by atoms with Crippen molar-refractivity contribution in [1.82, 2.24) is 10.2 Å². The topological polar surface area (TPSA) is 49.4 Å². The first-order valence-corrected chi connectivity index (χ1v) is 8.47. The van der Waals surface area contributed by atoms with Crippen LogP contribution in [-0.2, 0) is 9.59 Å². The number of carbonyl (C=O) groups is 2. The van der Waals surface area contributed by atoms with Crippen molar-refractivity contribution in [1.29, 1.82) is 0 Å². The quantitative estimate of drug-likeness (QED) is 0.875. The number of rotatable bonds is 6. The third-order valence-corrected chi connectivity index (χ3v) is 4.93. The van der Waals surface area contributed by atoms with Crippen LogP contribution < -0.4 is 5.32 Å². The third kappa shape index (κ3) is 3.38. The van der Waals surface area contributed by atoms with Gasteiger partial charge in [0.2, 0.25) is 11.8 Å². The summed E-state index contributed by atoms with van der Waals surface area (Å²) in [7, 11) is 0. The minimum Gasteiger partial charge on any atom is -0.352 e. The molecule has 122 valence electrons. The lowest BCUT2D eigenvalue weighted by atomic mass is 10.1. The Bertz CT molecular complexity index is 622. The first kappa shape index (κ1) is 14.7. The minimum atomic E-state index is -0.256. The number of hydrogen-bond donors (Lipinski definition) is 1. The zero-order valence-electron chi connectivity index (χ0n) is 13.0. The second-order valence-electron chi connectivity index (χ2n) is 7.04. The van der Waals surface area contributed by atoms with Gasteiger partial charge in [-0.05, 0) is 55.7 Å². The van der Waals surface area contributed by atoms with Crippen LogP contribution >= 0.6 is 0 Å². The molecular formula is C18H21FN2O2. The maximum absolute atomic E-state index is 13.0. The van der Waals surface area contributed by atoms with Crippen molar-refractivity contribution < 1.29 is 14.0 Å². The smallest absolute Gasteiger partial charge is 0.239 e. The third-order valence-electron chi connectivity index (χ3n) is 4.93. The number of halogens is 1. The maximum Gasteiger partial charge on any atom is 0.239 e. The van der Waals surface area contributed by atoms with Gasteiger partial charge in [-0.25, -0.2) is 4.39 Å². The van der Waals surface area contributed by atoms with Crippen molar-refractivity contribution in [3.05, 3.63) is 35.6 Å². The van der Waals surface area contributed by atoms with E-state index < -0.39 is 0 Å². The summed E-state index contributed by atoms with van der Waals surface area (Å²) in [5, 5.41) is 2.96. The molecule has 5 heteroatoms. The van der Waals surface area contributed by atoms with Crippen LogP contribution in [0.25, 0.3) is 0 Å². The van der Waals surface area contributed by atoms with Crippen molar-refractivity contribution >= 4 is 11.8 Å². The largest absolute Gasteiger partial charge is 0.352 e. The molecule has 4 nitrogen and oxygen atoms in total. The zero-order valence-corrected chi connectivity index (χ0v) is 13.0. The molecule has 3 aliphatic rings. The van der Waals surface area contributed by atoms with Crippen molar-refractivity contribution in [2.24, 2.45) is 5.92 Å². The first-order valence-electron chi connectivity index (χ1n) is 8.47. The molecule has 3 fully saturated rings. The molecule has 0 spiro atoms. The summed E-state index contributed by atoms with van der Waals surface area (Å²) >= 11 is 0. The summed E-state index contributed by atoms with van der Waals surface area (Å²) in [5.41, 5.74) is 1.02. The van der Waals surface area contributed by atoms with Crippen LogP contribution in [0.15, 0.2) is 24.3 Å². The average Bonchev–Trinajstić information content (AvgIpc) is 3.34. The Balaban J connectivity index is 1.38. The van der Waals surface area contributed by atoms with Gasteiger partial charge in [-0.1, -0.05) is 12.1 Å². The molecule has 2 atom stereocenters. The van der Waals surface area contributed by atoms with Gasteiger partial charge in [-0.15, -0.1) is 0 Å². The van der Waals surface area contributed by atoms with Crippen molar-refractivity contribution in [3.8, 4) is 0 Å². The van der Waals surface area contributed by atoms with Crippen LogP contribution in [0, 0.1) is 11.7 Å². The van der Waals surface area contributed by atoms with E-state index in [0.29, 0.717) is 6.04 Å². The first-order chi connectivity index (χ1) is 11.1. The van der Waals surface area contributed by atoms with E-state index in [4.69, 9.17) is 0 Å². The van der Waals surface area contributed by atoms with E-state index in [2.05, 4.69) is 5.32 Å². The zero-order chi connectivity index (χ0) is 16.0. The molecule has 0 aromatic heterocycles. The highest BCUT2D eigenvalue weighted by Gasteiger charge is 2.48. The van der Waals surface area contributed by atoms with Gasteiger partial charge in [-0.2, -0.15) is 0 Å². The molecule has 3 aliphatic carbocycles. The normalized spacial score (nSPS) is 25.8. The van der Waals surface area contributed by atoms with E-state index in [-0.39, 0.29) is 42.1 Å². The SMILES string of the molecule is O=C(CN(C(=O)[C@@H]1C[C@@H]1c1ccc(F)cc1)C1CC1)NC1CC1. The molecule has 2 amide bonds. The second-order valence-corrected chi connectivity index (χ2v) is 7.04. The summed E-state index contributed by atoms with van der Waals surface area (Å²) in [5.74, 6) is -0.0706. The van der Waals surface area contributed by atoms with Gasteiger partial charge >= 0.3 is 0 Å². The number of benzene rings is 1. The molecule has 0 saturated heterocycles. The molecule has 4 rings (SSSR count). The molecular weight excluding hydrogens is 295 g/mol. The number of amides is 2. The van der Waals surface area contributed by atoms with E-state index >= 15 is 0 Å².